The van der Waals surface area contributed by atoms with Gasteiger partial charge in [0.2, 0.25) is 0 Å². The normalized spacial score (nSPS) is 11.8. The summed E-state index contributed by atoms with van der Waals surface area (Å²) in [5, 5.41) is 19.8. The third-order valence-electron chi connectivity index (χ3n) is 2.69. The Morgan fingerprint density at radius 1 is 1.50 bits per heavy atom. The highest BCUT2D eigenvalue weighted by molar-refractivity contribution is 5.95. The van der Waals surface area contributed by atoms with Gasteiger partial charge in [-0.1, -0.05) is 0 Å². The van der Waals surface area contributed by atoms with Gasteiger partial charge in [0.15, 0.2) is 5.65 Å². The van der Waals surface area contributed by atoms with Crippen LogP contribution in [0, 0.1) is 6.92 Å². The Bertz CT molecular complexity index is 589. The van der Waals surface area contributed by atoms with Crippen molar-refractivity contribution in [3.63, 3.8) is 0 Å². The van der Waals surface area contributed by atoms with Crippen LogP contribution in [0.3, 0.4) is 0 Å². The molecule has 0 radical (unpaired) electrons. The van der Waals surface area contributed by atoms with Crippen LogP contribution in [-0.2, 0) is 0 Å². The lowest BCUT2D eigenvalue weighted by Crippen LogP contribution is -2.46. The third kappa shape index (κ3) is 2.33. The molecule has 18 heavy (non-hydrogen) atoms. The molecule has 0 atom stereocenters. The molecule has 6 heteroatoms. The topological polar surface area (TPSA) is 79.5 Å². The number of carbonyl (C=O) groups is 1. The quantitative estimate of drug-likeness (QED) is 0.830. The molecule has 0 aromatic carbocycles. The van der Waals surface area contributed by atoms with Gasteiger partial charge in [0, 0.05) is 11.8 Å². The molecule has 0 spiro atoms. The Balaban J connectivity index is 2.28. The number of nitrogens with one attached hydrogen (secondary N) is 1. The van der Waals surface area contributed by atoms with Gasteiger partial charge in [0.1, 0.15) is 5.82 Å². The summed E-state index contributed by atoms with van der Waals surface area (Å²) in [7, 11) is 0. The predicted molar refractivity (Wildman–Crippen MR) is 66.4 cm³/mol. The molecular weight excluding hydrogens is 232 g/mol. The number of aliphatic hydroxyl groups excluding tert-OH is 1. The first kappa shape index (κ1) is 12.5. The lowest BCUT2D eigenvalue weighted by atomic mass is 10.1. The van der Waals surface area contributed by atoms with Crippen LogP contribution in [-0.4, -0.2) is 37.8 Å². The van der Waals surface area contributed by atoms with E-state index in [0.29, 0.717) is 11.2 Å². The van der Waals surface area contributed by atoms with E-state index in [9.17, 15) is 4.79 Å². The number of carbonyl (C=O) groups excluding carboxylic acids is 1. The van der Waals surface area contributed by atoms with Crippen LogP contribution in [0.2, 0.25) is 0 Å². The van der Waals surface area contributed by atoms with Gasteiger partial charge in [-0.2, -0.15) is 0 Å². The summed E-state index contributed by atoms with van der Waals surface area (Å²) >= 11 is 0. The molecular formula is C12H16N4O2. The summed E-state index contributed by atoms with van der Waals surface area (Å²) in [4.78, 5) is 12.0. The highest BCUT2D eigenvalue weighted by Gasteiger charge is 2.20. The predicted octanol–water partition coefficient (Wildman–Crippen LogP) is 0.538. The van der Waals surface area contributed by atoms with Gasteiger partial charge in [-0.3, -0.25) is 9.20 Å². The lowest BCUT2D eigenvalue weighted by molar-refractivity contribution is 0.0869. The molecule has 2 aromatic rings. The minimum Gasteiger partial charge on any atom is -0.394 e. The Morgan fingerprint density at radius 2 is 2.22 bits per heavy atom. The average Bonchev–Trinajstić information content (AvgIpc) is 2.70. The summed E-state index contributed by atoms with van der Waals surface area (Å²) in [5.74, 6) is 0.532. The molecule has 0 saturated heterocycles. The number of amides is 1. The number of rotatable bonds is 3. The van der Waals surface area contributed by atoms with Crippen LogP contribution in [0.25, 0.3) is 5.65 Å². The van der Waals surface area contributed by atoms with E-state index in [2.05, 4.69) is 15.5 Å². The monoisotopic (exact) mass is 248 g/mol. The zero-order valence-corrected chi connectivity index (χ0v) is 10.6. The van der Waals surface area contributed by atoms with Gasteiger partial charge in [0.25, 0.3) is 5.91 Å². The summed E-state index contributed by atoms with van der Waals surface area (Å²) in [6, 6.07) is 3.37. The number of pyridine rings is 1. The molecule has 0 aliphatic carbocycles. The second kappa shape index (κ2) is 4.38. The molecule has 6 nitrogen and oxygen atoms in total. The van der Waals surface area contributed by atoms with Crippen LogP contribution >= 0.6 is 0 Å². The average molecular weight is 248 g/mol. The Labute approximate surface area is 105 Å². The van der Waals surface area contributed by atoms with Crippen molar-refractivity contribution in [1.29, 1.82) is 0 Å². The Kier molecular flexibility index (Phi) is 3.04. The maximum Gasteiger partial charge on any atom is 0.251 e. The zero-order valence-electron chi connectivity index (χ0n) is 10.6. The van der Waals surface area contributed by atoms with Crippen LogP contribution < -0.4 is 5.32 Å². The lowest BCUT2D eigenvalue weighted by Gasteiger charge is -2.23. The number of nitrogens with zero attached hydrogens (tertiary/aromatic N) is 3. The van der Waals surface area contributed by atoms with Crippen molar-refractivity contribution in [2.75, 3.05) is 6.61 Å². The zero-order chi connectivity index (χ0) is 13.3. The molecule has 2 heterocycles. The van der Waals surface area contributed by atoms with E-state index in [1.165, 1.54) is 0 Å². The highest BCUT2D eigenvalue weighted by Crippen LogP contribution is 2.09. The van der Waals surface area contributed by atoms with Crippen molar-refractivity contribution in [3.8, 4) is 0 Å². The van der Waals surface area contributed by atoms with Crippen molar-refractivity contribution >= 4 is 11.6 Å². The molecule has 0 aliphatic heterocycles. The second-order valence-corrected chi connectivity index (χ2v) is 4.89. The standard InChI is InChI=1S/C12H16N4O2/c1-8-14-15-10-6-9(4-5-16(8)10)11(18)13-12(2,3)7-17/h4-6,17H,7H2,1-3H3,(H,13,18). The van der Waals surface area contributed by atoms with Crippen LogP contribution in [0.15, 0.2) is 18.3 Å². The molecule has 0 bridgehead atoms. The number of fused-ring (bicyclic) bond motifs is 1. The summed E-state index contributed by atoms with van der Waals surface area (Å²) < 4.78 is 1.80. The number of hydrogen-bond acceptors (Lipinski definition) is 4. The van der Waals surface area contributed by atoms with E-state index in [1.807, 2.05) is 6.92 Å². The van der Waals surface area contributed by atoms with E-state index >= 15 is 0 Å². The van der Waals surface area contributed by atoms with E-state index in [0.717, 1.165) is 5.82 Å². The molecule has 0 saturated carbocycles. The van der Waals surface area contributed by atoms with Crippen LogP contribution in [0.5, 0.6) is 0 Å². The fourth-order valence-electron chi connectivity index (χ4n) is 1.57. The Hall–Kier alpha value is -1.95. The second-order valence-electron chi connectivity index (χ2n) is 4.89. The first-order chi connectivity index (χ1) is 8.43. The molecule has 0 unspecified atom stereocenters. The van der Waals surface area contributed by atoms with Gasteiger partial charge in [0.05, 0.1) is 12.1 Å². The molecule has 96 valence electrons. The smallest absolute Gasteiger partial charge is 0.251 e. The number of aliphatic hydroxyl groups is 1. The summed E-state index contributed by atoms with van der Waals surface area (Å²) in [6.45, 7) is 5.23. The molecule has 2 N–H and O–H groups in total. The SMILES string of the molecule is Cc1nnc2cc(C(=O)NC(C)(C)CO)ccn12. The van der Waals surface area contributed by atoms with E-state index < -0.39 is 5.54 Å². The van der Waals surface area contributed by atoms with E-state index in [-0.39, 0.29) is 12.5 Å². The van der Waals surface area contributed by atoms with Crippen molar-refractivity contribution in [2.24, 2.45) is 0 Å². The number of aromatic nitrogens is 3. The van der Waals surface area contributed by atoms with Crippen molar-refractivity contribution < 1.29 is 9.90 Å². The van der Waals surface area contributed by atoms with Gasteiger partial charge >= 0.3 is 0 Å². The molecule has 0 aliphatic rings. The fourth-order valence-corrected chi connectivity index (χ4v) is 1.57. The first-order valence-electron chi connectivity index (χ1n) is 5.68. The van der Waals surface area contributed by atoms with Crippen LogP contribution in [0.4, 0.5) is 0 Å². The largest absolute Gasteiger partial charge is 0.394 e. The fraction of sp³-hybridized carbons (Fsp3) is 0.417. The van der Waals surface area contributed by atoms with Gasteiger partial charge in [-0.05, 0) is 32.9 Å². The van der Waals surface area contributed by atoms with Gasteiger partial charge in [-0.25, -0.2) is 0 Å². The van der Waals surface area contributed by atoms with Crippen molar-refractivity contribution in [2.45, 2.75) is 26.3 Å². The van der Waals surface area contributed by atoms with Crippen molar-refractivity contribution in [3.05, 3.63) is 29.7 Å². The minimum atomic E-state index is -0.646. The summed E-state index contributed by atoms with van der Waals surface area (Å²) in [5.41, 5.74) is 0.477. The van der Waals surface area contributed by atoms with E-state index in [1.54, 1.807) is 36.6 Å². The molecule has 2 rings (SSSR count). The van der Waals surface area contributed by atoms with Crippen LogP contribution in [0.1, 0.15) is 30.0 Å². The minimum absolute atomic E-state index is 0.120. The highest BCUT2D eigenvalue weighted by atomic mass is 16.3. The number of aryl methyl sites for hydroxylation is 1. The third-order valence-corrected chi connectivity index (χ3v) is 2.69. The molecule has 0 fully saturated rings. The van der Waals surface area contributed by atoms with Gasteiger partial charge < -0.3 is 10.4 Å². The molecule has 2 aromatic heterocycles. The number of hydrogen-bond donors (Lipinski definition) is 2. The van der Waals surface area contributed by atoms with Crippen molar-refractivity contribution in [1.82, 2.24) is 19.9 Å². The van der Waals surface area contributed by atoms with E-state index in [4.69, 9.17) is 5.11 Å². The maximum atomic E-state index is 12.0. The maximum absolute atomic E-state index is 12.0. The Morgan fingerprint density at radius 3 is 2.89 bits per heavy atom. The first-order valence-corrected chi connectivity index (χ1v) is 5.68. The van der Waals surface area contributed by atoms with Gasteiger partial charge in [-0.15, -0.1) is 10.2 Å². The summed E-state index contributed by atoms with van der Waals surface area (Å²) in [6.07, 6.45) is 1.76. The molecule has 1 amide bonds.